The van der Waals surface area contributed by atoms with E-state index in [2.05, 4.69) is 4.72 Å². The summed E-state index contributed by atoms with van der Waals surface area (Å²) in [5, 5.41) is 0. The predicted octanol–water partition coefficient (Wildman–Crippen LogP) is 2.94. The lowest BCUT2D eigenvalue weighted by Crippen LogP contribution is -2.25. The SMILES string of the molecule is CCCCNS(=O)(=O)c1ccc(OC(C)(C)C)cc1. The van der Waals surface area contributed by atoms with E-state index in [0.717, 1.165) is 12.8 Å². The molecule has 1 rings (SSSR count). The highest BCUT2D eigenvalue weighted by molar-refractivity contribution is 7.89. The van der Waals surface area contributed by atoms with Gasteiger partial charge in [0.1, 0.15) is 11.4 Å². The van der Waals surface area contributed by atoms with E-state index in [1.54, 1.807) is 24.3 Å². The van der Waals surface area contributed by atoms with Crippen LogP contribution in [0.3, 0.4) is 0 Å². The van der Waals surface area contributed by atoms with Gasteiger partial charge in [0.25, 0.3) is 0 Å². The van der Waals surface area contributed by atoms with Crippen molar-refractivity contribution in [3.05, 3.63) is 24.3 Å². The molecule has 0 aliphatic carbocycles. The number of sulfonamides is 1. The average Bonchev–Trinajstić information content (AvgIpc) is 2.27. The summed E-state index contributed by atoms with van der Waals surface area (Å²) in [6, 6.07) is 6.49. The van der Waals surface area contributed by atoms with Gasteiger partial charge in [-0.05, 0) is 51.5 Å². The minimum atomic E-state index is -3.40. The smallest absolute Gasteiger partial charge is 0.240 e. The third kappa shape index (κ3) is 5.61. The Bertz CT molecular complexity index is 486. The minimum absolute atomic E-state index is 0.268. The lowest BCUT2D eigenvalue weighted by Gasteiger charge is -2.21. The fraction of sp³-hybridized carbons (Fsp3) is 0.571. The van der Waals surface area contributed by atoms with Crippen molar-refractivity contribution >= 4 is 10.0 Å². The fourth-order valence-corrected chi connectivity index (χ4v) is 2.58. The van der Waals surface area contributed by atoms with Crippen molar-refractivity contribution in [2.45, 2.75) is 51.0 Å². The Hall–Kier alpha value is -1.07. The summed E-state index contributed by atoms with van der Waals surface area (Å²) < 4.78 is 32.1. The molecule has 19 heavy (non-hydrogen) atoms. The van der Waals surface area contributed by atoms with Crippen LogP contribution in [0.15, 0.2) is 29.2 Å². The third-order valence-electron chi connectivity index (χ3n) is 2.38. The van der Waals surface area contributed by atoms with Crippen LogP contribution in [0.1, 0.15) is 40.5 Å². The molecule has 5 heteroatoms. The molecule has 0 unspecified atom stereocenters. The van der Waals surface area contributed by atoms with E-state index in [-0.39, 0.29) is 10.5 Å². The van der Waals surface area contributed by atoms with E-state index in [4.69, 9.17) is 4.74 Å². The first-order chi connectivity index (χ1) is 8.74. The van der Waals surface area contributed by atoms with Crippen molar-refractivity contribution in [2.24, 2.45) is 0 Å². The molecule has 1 N–H and O–H groups in total. The molecular weight excluding hydrogens is 262 g/mol. The number of rotatable bonds is 6. The van der Waals surface area contributed by atoms with Crippen LogP contribution in [0.25, 0.3) is 0 Å². The van der Waals surface area contributed by atoms with Gasteiger partial charge in [-0.25, -0.2) is 13.1 Å². The zero-order valence-corrected chi connectivity index (χ0v) is 12.9. The maximum atomic E-state index is 12.0. The summed E-state index contributed by atoms with van der Waals surface area (Å²) >= 11 is 0. The van der Waals surface area contributed by atoms with E-state index < -0.39 is 10.0 Å². The molecule has 0 saturated heterocycles. The van der Waals surface area contributed by atoms with Crippen LogP contribution in [0, 0.1) is 0 Å². The van der Waals surface area contributed by atoms with Crippen LogP contribution < -0.4 is 9.46 Å². The summed E-state index contributed by atoms with van der Waals surface area (Å²) in [4.78, 5) is 0.268. The van der Waals surface area contributed by atoms with E-state index in [0.29, 0.717) is 12.3 Å². The maximum absolute atomic E-state index is 12.0. The molecule has 0 aliphatic rings. The molecule has 0 atom stereocenters. The van der Waals surface area contributed by atoms with Crippen molar-refractivity contribution < 1.29 is 13.2 Å². The number of ether oxygens (including phenoxy) is 1. The molecule has 0 bridgehead atoms. The number of hydrogen-bond donors (Lipinski definition) is 1. The quantitative estimate of drug-likeness (QED) is 0.818. The highest BCUT2D eigenvalue weighted by Gasteiger charge is 2.15. The first kappa shape index (κ1) is 16.0. The van der Waals surface area contributed by atoms with Crippen LogP contribution in [0.2, 0.25) is 0 Å². The van der Waals surface area contributed by atoms with Gasteiger partial charge in [0.15, 0.2) is 0 Å². The van der Waals surface area contributed by atoms with Gasteiger partial charge < -0.3 is 4.74 Å². The van der Waals surface area contributed by atoms with E-state index in [1.165, 1.54) is 0 Å². The molecule has 0 fully saturated rings. The Morgan fingerprint density at radius 3 is 2.21 bits per heavy atom. The molecule has 1 aromatic rings. The summed E-state index contributed by atoms with van der Waals surface area (Å²) in [6.45, 7) is 8.34. The Kier molecular flexibility index (Phi) is 5.38. The molecule has 108 valence electrons. The van der Waals surface area contributed by atoms with Gasteiger partial charge in [-0.1, -0.05) is 13.3 Å². The monoisotopic (exact) mass is 285 g/mol. The molecule has 0 radical (unpaired) electrons. The second-order valence-electron chi connectivity index (χ2n) is 5.44. The second-order valence-corrected chi connectivity index (χ2v) is 7.20. The van der Waals surface area contributed by atoms with Crippen molar-refractivity contribution in [1.82, 2.24) is 4.72 Å². The summed E-state index contributed by atoms with van der Waals surface area (Å²) in [5.41, 5.74) is -0.292. The first-order valence-electron chi connectivity index (χ1n) is 6.53. The van der Waals surface area contributed by atoms with Gasteiger partial charge in [0, 0.05) is 6.54 Å². The normalized spacial score (nSPS) is 12.4. The van der Waals surface area contributed by atoms with E-state index in [1.807, 2.05) is 27.7 Å². The Labute approximate surface area is 116 Å². The summed E-state index contributed by atoms with van der Waals surface area (Å²) in [7, 11) is -3.40. The molecule has 0 spiro atoms. The number of unbranched alkanes of at least 4 members (excludes halogenated alkanes) is 1. The molecule has 0 aliphatic heterocycles. The Morgan fingerprint density at radius 2 is 1.74 bits per heavy atom. The Morgan fingerprint density at radius 1 is 1.16 bits per heavy atom. The van der Waals surface area contributed by atoms with Crippen molar-refractivity contribution in [3.8, 4) is 5.75 Å². The van der Waals surface area contributed by atoms with Gasteiger partial charge in [-0.3, -0.25) is 0 Å². The highest BCUT2D eigenvalue weighted by atomic mass is 32.2. The predicted molar refractivity (Wildman–Crippen MR) is 76.9 cm³/mol. The summed E-state index contributed by atoms with van der Waals surface area (Å²) in [5.74, 6) is 0.667. The van der Waals surface area contributed by atoms with Gasteiger partial charge >= 0.3 is 0 Å². The largest absolute Gasteiger partial charge is 0.488 e. The molecular formula is C14H23NO3S. The number of nitrogens with one attached hydrogen (secondary N) is 1. The number of hydrogen-bond acceptors (Lipinski definition) is 3. The average molecular weight is 285 g/mol. The van der Waals surface area contributed by atoms with Crippen LogP contribution >= 0.6 is 0 Å². The molecule has 4 nitrogen and oxygen atoms in total. The van der Waals surface area contributed by atoms with Crippen LogP contribution in [0.4, 0.5) is 0 Å². The van der Waals surface area contributed by atoms with Crippen molar-refractivity contribution in [2.75, 3.05) is 6.54 Å². The Balaban J connectivity index is 2.75. The van der Waals surface area contributed by atoms with E-state index >= 15 is 0 Å². The second kappa shape index (κ2) is 6.39. The van der Waals surface area contributed by atoms with Crippen LogP contribution in [-0.4, -0.2) is 20.6 Å². The summed E-state index contributed by atoms with van der Waals surface area (Å²) in [6.07, 6.45) is 1.80. The third-order valence-corrected chi connectivity index (χ3v) is 3.86. The maximum Gasteiger partial charge on any atom is 0.240 e. The van der Waals surface area contributed by atoms with Crippen molar-refractivity contribution in [1.29, 1.82) is 0 Å². The molecule has 0 heterocycles. The number of benzene rings is 1. The van der Waals surface area contributed by atoms with Crippen LogP contribution in [0.5, 0.6) is 5.75 Å². The van der Waals surface area contributed by atoms with Gasteiger partial charge in [0.05, 0.1) is 4.90 Å². The highest BCUT2D eigenvalue weighted by Crippen LogP contribution is 2.20. The molecule has 0 saturated carbocycles. The molecule has 0 aromatic heterocycles. The zero-order chi connectivity index (χ0) is 14.5. The van der Waals surface area contributed by atoms with Crippen molar-refractivity contribution in [3.63, 3.8) is 0 Å². The zero-order valence-electron chi connectivity index (χ0n) is 12.1. The minimum Gasteiger partial charge on any atom is -0.488 e. The molecule has 0 amide bonds. The lowest BCUT2D eigenvalue weighted by molar-refractivity contribution is 0.131. The lowest BCUT2D eigenvalue weighted by atomic mass is 10.2. The van der Waals surface area contributed by atoms with E-state index in [9.17, 15) is 8.42 Å². The first-order valence-corrected chi connectivity index (χ1v) is 8.02. The van der Waals surface area contributed by atoms with Gasteiger partial charge in [-0.2, -0.15) is 0 Å². The standard InChI is InChI=1S/C14H23NO3S/c1-5-6-11-15-19(16,17)13-9-7-12(8-10-13)18-14(2,3)4/h7-10,15H,5-6,11H2,1-4H3. The molecule has 1 aromatic carbocycles. The fourth-order valence-electron chi connectivity index (χ4n) is 1.51. The van der Waals surface area contributed by atoms with Crippen LogP contribution in [-0.2, 0) is 10.0 Å². The topological polar surface area (TPSA) is 55.4 Å². The van der Waals surface area contributed by atoms with Gasteiger partial charge in [0.2, 0.25) is 10.0 Å². The van der Waals surface area contributed by atoms with Gasteiger partial charge in [-0.15, -0.1) is 0 Å².